The van der Waals surface area contributed by atoms with Crippen LogP contribution in [-0.2, 0) is 65.4 Å². The van der Waals surface area contributed by atoms with Gasteiger partial charge in [0.25, 0.3) is 0 Å². The number of carbonyl (C=O) groups excluding carboxylic acids is 4. The predicted octanol–water partition coefficient (Wildman–Crippen LogP) is 20.9. The number of ether oxygens (including phenoxy) is 4. The van der Waals surface area contributed by atoms with Crippen LogP contribution < -0.4 is 0 Å². The van der Waals surface area contributed by atoms with Crippen molar-refractivity contribution in [2.45, 2.75) is 382 Å². The van der Waals surface area contributed by atoms with Crippen LogP contribution >= 0.6 is 15.6 Å². The zero-order valence-corrected chi connectivity index (χ0v) is 62.0. The van der Waals surface area contributed by atoms with Crippen LogP contribution in [0.5, 0.6) is 0 Å². The lowest BCUT2D eigenvalue weighted by atomic mass is 10.00. The third-order valence-corrected chi connectivity index (χ3v) is 19.4. The maximum absolute atomic E-state index is 13.1. The fourth-order valence-electron chi connectivity index (χ4n) is 11.0. The van der Waals surface area contributed by atoms with Gasteiger partial charge in [-0.05, 0) is 49.4 Å². The molecule has 4 unspecified atom stereocenters. The van der Waals surface area contributed by atoms with E-state index in [0.717, 1.165) is 120 Å². The topological polar surface area (TPSA) is 237 Å². The van der Waals surface area contributed by atoms with Gasteiger partial charge in [-0.3, -0.25) is 37.3 Å². The Balaban J connectivity index is 5.24. The Morgan fingerprint density at radius 1 is 0.304 bits per heavy atom. The monoisotopic (exact) mass is 1350 g/mol. The molecule has 546 valence electrons. The van der Waals surface area contributed by atoms with Crippen molar-refractivity contribution < 1.29 is 80.2 Å². The zero-order chi connectivity index (χ0) is 68.2. The van der Waals surface area contributed by atoms with Crippen molar-refractivity contribution in [3.8, 4) is 0 Å². The number of phosphoric ester groups is 2. The van der Waals surface area contributed by atoms with E-state index in [4.69, 9.17) is 37.0 Å². The van der Waals surface area contributed by atoms with Gasteiger partial charge >= 0.3 is 39.5 Å². The summed E-state index contributed by atoms with van der Waals surface area (Å²) in [5.74, 6) is 0.896. The van der Waals surface area contributed by atoms with Crippen molar-refractivity contribution in [1.82, 2.24) is 0 Å². The van der Waals surface area contributed by atoms with E-state index >= 15 is 0 Å². The van der Waals surface area contributed by atoms with E-state index in [9.17, 15) is 43.2 Å². The third-order valence-electron chi connectivity index (χ3n) is 17.5. The van der Waals surface area contributed by atoms with E-state index in [1.807, 2.05) is 0 Å². The molecule has 0 saturated carbocycles. The molecule has 0 spiro atoms. The number of aliphatic hydroxyl groups excluding tert-OH is 1. The summed E-state index contributed by atoms with van der Waals surface area (Å²) < 4.78 is 68.4. The lowest BCUT2D eigenvalue weighted by molar-refractivity contribution is -0.161. The molecule has 17 nitrogen and oxygen atoms in total. The molecule has 0 saturated heterocycles. The van der Waals surface area contributed by atoms with Gasteiger partial charge in [-0.2, -0.15) is 0 Å². The first-order chi connectivity index (χ1) is 44.2. The van der Waals surface area contributed by atoms with Crippen LogP contribution in [0.15, 0.2) is 0 Å². The highest BCUT2D eigenvalue weighted by molar-refractivity contribution is 7.47. The summed E-state index contributed by atoms with van der Waals surface area (Å²) in [6.07, 6.45) is 45.9. The fourth-order valence-corrected chi connectivity index (χ4v) is 12.5. The highest BCUT2D eigenvalue weighted by atomic mass is 31.2. The van der Waals surface area contributed by atoms with E-state index in [-0.39, 0.29) is 25.7 Å². The molecule has 0 aromatic carbocycles. The Morgan fingerprint density at radius 3 is 0.772 bits per heavy atom. The van der Waals surface area contributed by atoms with Crippen LogP contribution in [0.1, 0.15) is 364 Å². The van der Waals surface area contributed by atoms with Crippen LogP contribution in [0.2, 0.25) is 0 Å². The second kappa shape index (κ2) is 62.6. The van der Waals surface area contributed by atoms with Gasteiger partial charge in [-0.1, -0.05) is 312 Å². The molecule has 0 heterocycles. The van der Waals surface area contributed by atoms with E-state index < -0.39 is 97.5 Å². The van der Waals surface area contributed by atoms with Crippen LogP contribution in [0.4, 0.5) is 0 Å². The van der Waals surface area contributed by atoms with E-state index in [0.29, 0.717) is 25.7 Å². The number of phosphoric acid groups is 2. The Labute approximate surface area is 562 Å². The van der Waals surface area contributed by atoms with Crippen LogP contribution in [0, 0.1) is 23.7 Å². The minimum atomic E-state index is -4.96. The van der Waals surface area contributed by atoms with Gasteiger partial charge in [0.2, 0.25) is 0 Å². The van der Waals surface area contributed by atoms with Crippen molar-refractivity contribution in [3.63, 3.8) is 0 Å². The van der Waals surface area contributed by atoms with E-state index in [2.05, 4.69) is 55.4 Å². The minimum absolute atomic E-state index is 0.102. The highest BCUT2D eigenvalue weighted by Gasteiger charge is 2.30. The van der Waals surface area contributed by atoms with Gasteiger partial charge in [0.15, 0.2) is 12.2 Å². The highest BCUT2D eigenvalue weighted by Crippen LogP contribution is 2.45. The molecule has 0 aromatic heterocycles. The molecule has 92 heavy (non-hydrogen) atoms. The van der Waals surface area contributed by atoms with E-state index in [1.54, 1.807) is 0 Å². The molecule has 0 aliphatic carbocycles. The average molecular weight is 1350 g/mol. The molecule has 0 amide bonds. The molecule has 19 heteroatoms. The predicted molar refractivity (Wildman–Crippen MR) is 372 cm³/mol. The molecule has 0 aromatic rings. The molecular weight excluding hydrogens is 1210 g/mol. The van der Waals surface area contributed by atoms with Crippen molar-refractivity contribution in [2.75, 3.05) is 39.6 Å². The fraction of sp³-hybridized carbons (Fsp3) is 0.945. The number of esters is 4. The second-order valence-corrected chi connectivity index (χ2v) is 30.7. The van der Waals surface area contributed by atoms with Crippen LogP contribution in [-0.4, -0.2) is 96.7 Å². The van der Waals surface area contributed by atoms with Gasteiger partial charge in [0.1, 0.15) is 19.3 Å². The van der Waals surface area contributed by atoms with Gasteiger partial charge < -0.3 is 33.8 Å². The number of hydrogen-bond donors (Lipinski definition) is 3. The molecule has 0 aliphatic heterocycles. The number of hydrogen-bond acceptors (Lipinski definition) is 15. The average Bonchev–Trinajstić information content (AvgIpc) is 3.70. The molecule has 7 atom stereocenters. The largest absolute Gasteiger partial charge is 0.472 e. The molecule has 0 bridgehead atoms. The Morgan fingerprint density at radius 2 is 0.522 bits per heavy atom. The molecule has 0 radical (unpaired) electrons. The molecule has 0 fully saturated rings. The first kappa shape index (κ1) is 90.1. The van der Waals surface area contributed by atoms with Crippen LogP contribution in [0.3, 0.4) is 0 Å². The van der Waals surface area contributed by atoms with Gasteiger partial charge in [0.05, 0.1) is 26.4 Å². The Bertz CT molecular complexity index is 1820. The summed E-state index contributed by atoms with van der Waals surface area (Å²) in [6, 6.07) is 0. The first-order valence-electron chi connectivity index (χ1n) is 37.8. The SMILES string of the molecule is CCC(C)CCCCCCCCC(=O)OC[C@H](COP(=O)(O)OC[C@H](O)COP(=O)(O)OC[C@@H](COC(=O)CCCCCCCCCCCCCC(C)C)OC(=O)CCCCCCCCCCCCCCCCCC(C)C)OC(=O)CCCCCCCCC(C)CC. The first-order valence-corrected chi connectivity index (χ1v) is 40.8. The van der Waals surface area contributed by atoms with Crippen molar-refractivity contribution in [1.29, 1.82) is 0 Å². The van der Waals surface area contributed by atoms with Gasteiger partial charge in [-0.15, -0.1) is 0 Å². The number of rotatable bonds is 70. The van der Waals surface area contributed by atoms with Crippen molar-refractivity contribution in [2.24, 2.45) is 23.7 Å². The Hall–Kier alpha value is -1.94. The summed E-state index contributed by atoms with van der Waals surface area (Å²) in [6.45, 7) is 14.1. The number of aliphatic hydroxyl groups is 1. The van der Waals surface area contributed by atoms with E-state index in [1.165, 1.54) is 161 Å². The lowest BCUT2D eigenvalue weighted by Crippen LogP contribution is -2.30. The van der Waals surface area contributed by atoms with Gasteiger partial charge in [-0.25, -0.2) is 9.13 Å². The Kier molecular flexibility index (Phi) is 61.3. The molecular formula is C73H142O17P2. The van der Waals surface area contributed by atoms with Crippen LogP contribution in [0.25, 0.3) is 0 Å². The summed E-state index contributed by atoms with van der Waals surface area (Å²) in [5, 5.41) is 10.6. The molecule has 0 aliphatic rings. The standard InChI is InChI=1S/C73H142O17P2/c1-9-65(7)51-43-35-29-31-38-46-54-71(76)84-60-69(90-73(78)56-48-40-32-30-36-44-52-66(8)10-2)62-88-92(81,82)86-58-67(74)57-85-91(79,80)87-61-68(59-83-70(75)53-45-37-27-23-20-16-18-22-26-34-42-50-64(5)6)89-72(77)55-47-39-28-24-19-15-13-11-12-14-17-21-25-33-41-49-63(3)4/h63-69,74H,9-62H2,1-8H3,(H,79,80)(H,81,82)/t65?,66?,67-,68-,69-/m1/s1. The summed E-state index contributed by atoms with van der Waals surface area (Å²) in [7, 11) is -9.91. The maximum Gasteiger partial charge on any atom is 0.472 e. The maximum atomic E-state index is 13.1. The summed E-state index contributed by atoms with van der Waals surface area (Å²) in [4.78, 5) is 72.6. The summed E-state index contributed by atoms with van der Waals surface area (Å²) >= 11 is 0. The summed E-state index contributed by atoms with van der Waals surface area (Å²) in [5.41, 5.74) is 0. The second-order valence-electron chi connectivity index (χ2n) is 27.8. The van der Waals surface area contributed by atoms with Crippen molar-refractivity contribution in [3.05, 3.63) is 0 Å². The van der Waals surface area contributed by atoms with Crippen molar-refractivity contribution >= 4 is 39.5 Å². The zero-order valence-electron chi connectivity index (χ0n) is 60.2. The number of unbranched alkanes of at least 4 members (excludes halogenated alkanes) is 34. The normalized spacial score (nSPS) is 14.8. The third kappa shape index (κ3) is 64.1. The smallest absolute Gasteiger partial charge is 0.462 e. The minimum Gasteiger partial charge on any atom is -0.462 e. The lowest BCUT2D eigenvalue weighted by Gasteiger charge is -2.21. The number of carbonyl (C=O) groups is 4. The molecule has 0 rings (SSSR count). The quantitative estimate of drug-likeness (QED) is 0.0222. The molecule has 3 N–H and O–H groups in total. The van der Waals surface area contributed by atoms with Gasteiger partial charge in [0, 0.05) is 25.7 Å².